The van der Waals surface area contributed by atoms with Gasteiger partial charge in [0.05, 0.1) is 6.54 Å². The van der Waals surface area contributed by atoms with Crippen LogP contribution in [0, 0.1) is 0 Å². The van der Waals surface area contributed by atoms with Crippen LogP contribution in [-0.4, -0.2) is 12.4 Å². The van der Waals surface area contributed by atoms with Crippen LogP contribution in [0.15, 0.2) is 17.6 Å². The number of hydrazine groups is 1. The van der Waals surface area contributed by atoms with Gasteiger partial charge in [-0.05, 0) is 6.92 Å². The van der Waals surface area contributed by atoms with Gasteiger partial charge in [-0.1, -0.05) is 6.08 Å². The van der Waals surface area contributed by atoms with E-state index in [1.165, 1.54) is 0 Å². The molecule has 0 fully saturated rings. The average Bonchev–Trinajstić information content (AvgIpc) is 1.83. The van der Waals surface area contributed by atoms with Crippen molar-refractivity contribution in [2.45, 2.75) is 6.92 Å². The SMILES string of the molecule is C=CCN=C(C)NN. The first kappa shape index (κ1) is 7.17. The van der Waals surface area contributed by atoms with Gasteiger partial charge in [0, 0.05) is 0 Å². The predicted molar refractivity (Wildman–Crippen MR) is 35.5 cm³/mol. The lowest BCUT2D eigenvalue weighted by atomic mass is 10.6. The second-order valence-electron chi connectivity index (χ2n) is 1.36. The Morgan fingerprint density at radius 1 is 2.00 bits per heavy atom. The van der Waals surface area contributed by atoms with Gasteiger partial charge in [0.15, 0.2) is 0 Å². The minimum absolute atomic E-state index is 0.621. The molecule has 0 aliphatic heterocycles. The van der Waals surface area contributed by atoms with E-state index in [1.807, 2.05) is 0 Å². The zero-order valence-electron chi connectivity index (χ0n) is 5.02. The fourth-order valence-corrected chi connectivity index (χ4v) is 0.247. The third-order valence-corrected chi connectivity index (χ3v) is 0.666. The normalized spacial score (nSPS) is 11.0. The molecule has 0 rings (SSSR count). The van der Waals surface area contributed by atoms with Gasteiger partial charge in [-0.15, -0.1) is 6.58 Å². The molecule has 0 spiro atoms. The second-order valence-corrected chi connectivity index (χ2v) is 1.36. The molecule has 0 aliphatic carbocycles. The van der Waals surface area contributed by atoms with E-state index >= 15 is 0 Å². The van der Waals surface area contributed by atoms with E-state index in [0.717, 1.165) is 5.84 Å². The largest absolute Gasteiger partial charge is 0.313 e. The number of nitrogens with two attached hydrogens (primary N) is 1. The Kier molecular flexibility index (Phi) is 3.88. The highest BCUT2D eigenvalue weighted by atomic mass is 15.2. The van der Waals surface area contributed by atoms with Crippen LogP contribution in [0.25, 0.3) is 0 Å². The highest BCUT2D eigenvalue weighted by molar-refractivity contribution is 5.78. The topological polar surface area (TPSA) is 50.4 Å². The lowest BCUT2D eigenvalue weighted by Gasteiger charge is -1.93. The van der Waals surface area contributed by atoms with E-state index in [9.17, 15) is 0 Å². The number of amidine groups is 1. The van der Waals surface area contributed by atoms with E-state index in [-0.39, 0.29) is 0 Å². The van der Waals surface area contributed by atoms with Crippen LogP contribution in [0.4, 0.5) is 0 Å². The highest BCUT2D eigenvalue weighted by Crippen LogP contribution is 1.70. The van der Waals surface area contributed by atoms with Crippen LogP contribution in [0.5, 0.6) is 0 Å². The van der Waals surface area contributed by atoms with Gasteiger partial charge in [0.2, 0.25) is 0 Å². The summed E-state index contributed by atoms with van der Waals surface area (Å²) in [6.07, 6.45) is 1.71. The molecular formula is C5H11N3. The van der Waals surface area contributed by atoms with E-state index in [1.54, 1.807) is 13.0 Å². The fourth-order valence-electron chi connectivity index (χ4n) is 0.247. The highest BCUT2D eigenvalue weighted by Gasteiger charge is 1.77. The first-order valence-electron chi connectivity index (χ1n) is 2.40. The van der Waals surface area contributed by atoms with Gasteiger partial charge >= 0.3 is 0 Å². The van der Waals surface area contributed by atoms with Crippen molar-refractivity contribution in [2.24, 2.45) is 10.8 Å². The van der Waals surface area contributed by atoms with Crippen molar-refractivity contribution in [3.8, 4) is 0 Å². The van der Waals surface area contributed by atoms with Crippen molar-refractivity contribution in [1.82, 2.24) is 5.43 Å². The summed E-state index contributed by atoms with van der Waals surface area (Å²) in [6.45, 7) is 5.91. The maximum atomic E-state index is 5.00. The molecule has 0 aromatic carbocycles. The molecule has 0 aromatic rings. The standard InChI is InChI=1S/C5H11N3/c1-3-4-7-5(2)8-6/h3H,1,4,6H2,2H3,(H,7,8). The monoisotopic (exact) mass is 113 g/mol. The number of rotatable bonds is 2. The molecule has 0 unspecified atom stereocenters. The molecule has 0 aromatic heterocycles. The molecule has 0 amide bonds. The van der Waals surface area contributed by atoms with Crippen LogP contribution < -0.4 is 11.3 Å². The Morgan fingerprint density at radius 2 is 2.62 bits per heavy atom. The van der Waals surface area contributed by atoms with E-state index in [2.05, 4.69) is 17.0 Å². The molecule has 0 radical (unpaired) electrons. The summed E-state index contributed by atoms with van der Waals surface area (Å²) >= 11 is 0. The van der Waals surface area contributed by atoms with E-state index in [4.69, 9.17) is 5.84 Å². The molecule has 8 heavy (non-hydrogen) atoms. The Balaban J connectivity index is 3.40. The van der Waals surface area contributed by atoms with Crippen molar-refractivity contribution < 1.29 is 0 Å². The molecule has 0 saturated carbocycles. The van der Waals surface area contributed by atoms with Crippen LogP contribution >= 0.6 is 0 Å². The molecule has 0 saturated heterocycles. The Labute approximate surface area is 49.3 Å². The quantitative estimate of drug-likeness (QED) is 0.175. The van der Waals surface area contributed by atoms with Gasteiger partial charge in [0.25, 0.3) is 0 Å². The third kappa shape index (κ3) is 3.36. The first-order valence-corrected chi connectivity index (χ1v) is 2.40. The lowest BCUT2D eigenvalue weighted by molar-refractivity contribution is 0.998. The van der Waals surface area contributed by atoms with Crippen LogP contribution in [0.3, 0.4) is 0 Å². The first-order chi connectivity index (χ1) is 3.81. The maximum Gasteiger partial charge on any atom is 0.107 e. The molecule has 0 atom stereocenters. The summed E-state index contributed by atoms with van der Waals surface area (Å²) in [5.41, 5.74) is 2.40. The summed E-state index contributed by atoms with van der Waals surface area (Å²) in [7, 11) is 0. The zero-order chi connectivity index (χ0) is 6.41. The van der Waals surface area contributed by atoms with Gasteiger partial charge < -0.3 is 5.43 Å². The van der Waals surface area contributed by atoms with E-state index < -0.39 is 0 Å². The summed E-state index contributed by atoms with van der Waals surface area (Å²) in [5, 5.41) is 0. The molecule has 0 aliphatic rings. The molecule has 0 heterocycles. The van der Waals surface area contributed by atoms with Crippen molar-refractivity contribution in [2.75, 3.05) is 6.54 Å². The third-order valence-electron chi connectivity index (χ3n) is 0.666. The summed E-state index contributed by atoms with van der Waals surface area (Å²) in [4.78, 5) is 3.92. The van der Waals surface area contributed by atoms with Gasteiger partial charge in [-0.2, -0.15) is 0 Å². The lowest BCUT2D eigenvalue weighted by Crippen LogP contribution is -2.27. The Morgan fingerprint density at radius 3 is 3.00 bits per heavy atom. The number of nitrogens with one attached hydrogen (secondary N) is 1. The van der Waals surface area contributed by atoms with E-state index in [0.29, 0.717) is 6.54 Å². The van der Waals surface area contributed by atoms with Gasteiger partial charge in [-0.25, -0.2) is 5.84 Å². The Bertz CT molecular complexity index is 95.8. The van der Waals surface area contributed by atoms with Crippen molar-refractivity contribution in [3.05, 3.63) is 12.7 Å². The number of nitrogens with zero attached hydrogens (tertiary/aromatic N) is 1. The minimum Gasteiger partial charge on any atom is -0.313 e. The number of hydrogen-bond acceptors (Lipinski definition) is 2. The minimum atomic E-state index is 0.621. The molecule has 0 bridgehead atoms. The van der Waals surface area contributed by atoms with Gasteiger partial charge in [-0.3, -0.25) is 4.99 Å². The van der Waals surface area contributed by atoms with Crippen molar-refractivity contribution >= 4 is 5.84 Å². The smallest absolute Gasteiger partial charge is 0.107 e. The van der Waals surface area contributed by atoms with Gasteiger partial charge in [0.1, 0.15) is 5.84 Å². The van der Waals surface area contributed by atoms with Crippen LogP contribution in [-0.2, 0) is 0 Å². The summed E-state index contributed by atoms with van der Waals surface area (Å²) < 4.78 is 0. The van der Waals surface area contributed by atoms with Crippen LogP contribution in [0.1, 0.15) is 6.92 Å². The van der Waals surface area contributed by atoms with Crippen LogP contribution in [0.2, 0.25) is 0 Å². The molecule has 3 heteroatoms. The number of hydrogen-bond donors (Lipinski definition) is 2. The average molecular weight is 113 g/mol. The maximum absolute atomic E-state index is 5.00. The number of aliphatic imine (C=N–C) groups is 1. The van der Waals surface area contributed by atoms with Crippen molar-refractivity contribution in [1.29, 1.82) is 0 Å². The molecular weight excluding hydrogens is 102 g/mol. The molecule has 46 valence electrons. The predicted octanol–water partition coefficient (Wildman–Crippen LogP) is 0.0541. The second kappa shape index (κ2) is 4.33. The molecule has 3 nitrogen and oxygen atoms in total. The fraction of sp³-hybridized carbons (Fsp3) is 0.400. The zero-order valence-corrected chi connectivity index (χ0v) is 5.02. The molecule has 3 N–H and O–H groups in total. The summed E-state index contributed by atoms with van der Waals surface area (Å²) in [6, 6.07) is 0. The summed E-state index contributed by atoms with van der Waals surface area (Å²) in [5.74, 6) is 5.72. The Hall–Kier alpha value is -0.830. The van der Waals surface area contributed by atoms with Crippen molar-refractivity contribution in [3.63, 3.8) is 0 Å².